The number of benzene rings is 1. The van der Waals surface area contributed by atoms with E-state index in [-0.39, 0.29) is 11.4 Å². The fraction of sp³-hybridized carbons (Fsp3) is 0.364. The summed E-state index contributed by atoms with van der Waals surface area (Å²) >= 11 is 0. The Morgan fingerprint density at radius 1 is 1.33 bits per heavy atom. The van der Waals surface area contributed by atoms with Gasteiger partial charge in [0.25, 0.3) is 0 Å². The first-order valence-electron chi connectivity index (χ1n) is 14.2. The zero-order valence-corrected chi connectivity index (χ0v) is 25.0. The molecular weight excluding hydrogens is 532 g/mol. The smallest absolute Gasteiger partial charge is 0.345 e. The van der Waals surface area contributed by atoms with Crippen molar-refractivity contribution < 1.29 is 28.7 Å². The molecule has 9 heteroatoms. The van der Waals surface area contributed by atoms with E-state index in [0.29, 0.717) is 24.2 Å². The van der Waals surface area contributed by atoms with Crippen molar-refractivity contribution in [1.29, 1.82) is 0 Å². The Bertz CT molecular complexity index is 1590. The quantitative estimate of drug-likeness (QED) is 0.204. The van der Waals surface area contributed by atoms with E-state index in [1.807, 2.05) is 36.6 Å². The molecule has 0 radical (unpaired) electrons. The largest absolute Gasteiger partial charge is 0.488 e. The minimum atomic E-state index is -1.09. The van der Waals surface area contributed by atoms with Crippen LogP contribution in [0.1, 0.15) is 65.3 Å². The van der Waals surface area contributed by atoms with Gasteiger partial charge in [0, 0.05) is 39.2 Å². The topological polar surface area (TPSA) is 89.9 Å². The molecule has 1 N–H and O–H groups in total. The Kier molecular flexibility index (Phi) is 8.34. The number of aromatic nitrogens is 3. The molecule has 0 spiro atoms. The number of fused-ring (bicyclic) bond motifs is 4. The average Bonchev–Trinajstić information content (AvgIpc) is 3.40. The van der Waals surface area contributed by atoms with Crippen LogP contribution in [-0.4, -0.2) is 52.1 Å². The molecule has 3 aromatic rings. The molecule has 2 unspecified atom stereocenters. The van der Waals surface area contributed by atoms with E-state index >= 15 is 0 Å². The van der Waals surface area contributed by atoms with Gasteiger partial charge < -0.3 is 19.3 Å². The van der Waals surface area contributed by atoms with Gasteiger partial charge in [0.05, 0.1) is 18.4 Å². The molecule has 2 aromatic heterocycles. The zero-order chi connectivity index (χ0) is 30.1. The highest BCUT2D eigenvalue weighted by Crippen LogP contribution is 2.32. The summed E-state index contributed by atoms with van der Waals surface area (Å²) in [4.78, 5) is 14.2. The van der Waals surface area contributed by atoms with Gasteiger partial charge >= 0.3 is 17.7 Å². The van der Waals surface area contributed by atoms with E-state index in [2.05, 4.69) is 49.1 Å². The zero-order valence-electron chi connectivity index (χ0n) is 25.0. The predicted molar refractivity (Wildman–Crippen MR) is 159 cm³/mol. The highest BCUT2D eigenvalue weighted by Gasteiger charge is 2.38. The molecule has 2 aliphatic rings. The predicted octanol–water partition coefficient (Wildman–Crippen LogP) is 5.16. The molecule has 5 rings (SSSR count). The lowest BCUT2D eigenvalue weighted by Crippen LogP contribution is -2.51. The lowest BCUT2D eigenvalue weighted by atomic mass is 9.91. The maximum absolute atomic E-state index is 11.7. The number of carboxylic acid groups (broad SMARTS) is 1. The molecule has 0 saturated carbocycles. The number of rotatable bonds is 10. The number of methoxy groups -OCH3 is 1. The molecule has 0 fully saturated rings. The standard InChI is InChI=1S/C33H38N4O5/c1-8-26(29-10-9-11-30-36(29)23(6)42-32-28(33(38)39)16-34-37(30)32)31(20(2)3)41-19-25-13-12-24-17-35(21(4)18-40-7)15-14-27(24)22(25)5/h8-13,16,21,23H,1-2,14-15,17-19H2,3-7H3/p+1/b31-26-. The monoisotopic (exact) mass is 571 g/mol. The van der Waals surface area contributed by atoms with Gasteiger partial charge in [0.2, 0.25) is 6.23 Å². The highest BCUT2D eigenvalue weighted by molar-refractivity contribution is 5.90. The van der Waals surface area contributed by atoms with Crippen molar-refractivity contribution in [3.8, 4) is 11.7 Å². The highest BCUT2D eigenvalue weighted by atomic mass is 16.5. The average molecular weight is 572 g/mol. The lowest BCUT2D eigenvalue weighted by Gasteiger charge is -2.34. The second kappa shape index (κ2) is 12.0. The maximum atomic E-state index is 11.7. The van der Waals surface area contributed by atoms with Crippen LogP contribution in [0.15, 0.2) is 67.1 Å². The molecule has 0 saturated heterocycles. The van der Waals surface area contributed by atoms with Crippen LogP contribution in [0.5, 0.6) is 5.88 Å². The second-order valence-corrected chi connectivity index (χ2v) is 11.0. The van der Waals surface area contributed by atoms with Crippen molar-refractivity contribution in [3.05, 3.63) is 101 Å². The van der Waals surface area contributed by atoms with Gasteiger partial charge in [-0.2, -0.15) is 4.57 Å². The van der Waals surface area contributed by atoms with Crippen LogP contribution < -0.4 is 9.30 Å². The van der Waals surface area contributed by atoms with E-state index in [1.54, 1.807) is 13.2 Å². The third-order valence-electron chi connectivity index (χ3n) is 8.17. The van der Waals surface area contributed by atoms with Crippen LogP contribution in [0.2, 0.25) is 0 Å². The summed E-state index contributed by atoms with van der Waals surface area (Å²) in [5.41, 5.74) is 7.48. The van der Waals surface area contributed by atoms with Crippen molar-refractivity contribution in [2.45, 2.75) is 59.5 Å². The molecule has 2 aliphatic heterocycles. The molecule has 9 nitrogen and oxygen atoms in total. The number of aromatic carboxylic acids is 1. The third kappa shape index (κ3) is 5.26. The Morgan fingerprint density at radius 3 is 2.81 bits per heavy atom. The summed E-state index contributed by atoms with van der Waals surface area (Å²) in [5, 5.41) is 13.9. The van der Waals surface area contributed by atoms with Gasteiger partial charge in [0.1, 0.15) is 18.1 Å². The van der Waals surface area contributed by atoms with Crippen LogP contribution in [0.25, 0.3) is 11.4 Å². The van der Waals surface area contributed by atoms with Crippen molar-refractivity contribution in [2.24, 2.45) is 0 Å². The summed E-state index contributed by atoms with van der Waals surface area (Å²) < 4.78 is 21.4. The molecule has 0 amide bonds. The summed E-state index contributed by atoms with van der Waals surface area (Å²) in [6.45, 7) is 19.5. The molecule has 0 bridgehead atoms. The molecular formula is C33H39N4O5+. The first-order chi connectivity index (χ1) is 20.2. The molecule has 4 heterocycles. The van der Waals surface area contributed by atoms with Crippen molar-refractivity contribution >= 4 is 11.5 Å². The van der Waals surface area contributed by atoms with Gasteiger partial charge in [-0.3, -0.25) is 4.90 Å². The Labute approximate surface area is 246 Å². The summed E-state index contributed by atoms with van der Waals surface area (Å²) in [7, 11) is 1.75. The first-order valence-corrected chi connectivity index (χ1v) is 14.2. The van der Waals surface area contributed by atoms with Crippen LogP contribution in [0.4, 0.5) is 0 Å². The van der Waals surface area contributed by atoms with Crippen molar-refractivity contribution in [3.63, 3.8) is 0 Å². The third-order valence-corrected chi connectivity index (χ3v) is 8.17. The van der Waals surface area contributed by atoms with Crippen LogP contribution in [0, 0.1) is 6.92 Å². The van der Waals surface area contributed by atoms with Crippen molar-refractivity contribution in [2.75, 3.05) is 20.3 Å². The van der Waals surface area contributed by atoms with Crippen LogP contribution >= 0.6 is 0 Å². The summed E-state index contributed by atoms with van der Waals surface area (Å²) in [6, 6.07) is 10.5. The number of hydrogen-bond acceptors (Lipinski definition) is 6. The normalized spacial score (nSPS) is 17.2. The van der Waals surface area contributed by atoms with Crippen LogP contribution in [-0.2, 0) is 29.0 Å². The minimum absolute atomic E-state index is 0.0153. The minimum Gasteiger partial charge on any atom is -0.488 e. The summed E-state index contributed by atoms with van der Waals surface area (Å²) in [6.07, 6.45) is 3.55. The molecule has 42 heavy (non-hydrogen) atoms. The molecule has 220 valence electrons. The van der Waals surface area contributed by atoms with E-state index in [4.69, 9.17) is 14.2 Å². The number of hydrogen-bond donors (Lipinski definition) is 1. The van der Waals surface area contributed by atoms with Gasteiger partial charge in [-0.05, 0) is 67.2 Å². The second-order valence-electron chi connectivity index (χ2n) is 11.0. The van der Waals surface area contributed by atoms with E-state index < -0.39 is 12.2 Å². The number of nitrogens with zero attached hydrogens (tertiary/aromatic N) is 4. The SMILES string of the molecule is C=C/C(=C(/OCc1ccc2c(c1C)CCN(C(C)COC)C2)C(=C)C)c1cccc2[n+]1C(C)Oc1c(C(=O)O)cnn1-2. The fourth-order valence-electron chi connectivity index (χ4n) is 5.94. The first kappa shape index (κ1) is 29.3. The Morgan fingerprint density at radius 2 is 2.12 bits per heavy atom. The van der Waals surface area contributed by atoms with E-state index in [0.717, 1.165) is 48.5 Å². The maximum Gasteiger partial charge on any atom is 0.345 e. The van der Waals surface area contributed by atoms with Gasteiger partial charge in [-0.25, -0.2) is 4.79 Å². The van der Waals surface area contributed by atoms with Crippen LogP contribution in [0.3, 0.4) is 0 Å². The molecule has 0 aliphatic carbocycles. The number of carbonyl (C=O) groups is 1. The lowest BCUT2D eigenvalue weighted by molar-refractivity contribution is -0.752. The molecule has 1 aromatic carbocycles. The Balaban J connectivity index is 1.47. The van der Waals surface area contributed by atoms with E-state index in [9.17, 15) is 9.90 Å². The summed E-state index contributed by atoms with van der Waals surface area (Å²) in [5.74, 6) is 0.417. The van der Waals surface area contributed by atoms with Gasteiger partial charge in [-0.15, -0.1) is 0 Å². The Hall–Kier alpha value is -4.21. The van der Waals surface area contributed by atoms with Crippen molar-refractivity contribution in [1.82, 2.24) is 14.7 Å². The van der Waals surface area contributed by atoms with E-state index in [1.165, 1.54) is 27.6 Å². The number of pyridine rings is 1. The number of allylic oxidation sites excluding steroid dienone is 3. The van der Waals surface area contributed by atoms with Gasteiger partial charge in [-0.1, -0.05) is 41.1 Å². The molecule has 2 atom stereocenters. The number of carboxylic acids is 1. The fourth-order valence-corrected chi connectivity index (χ4v) is 5.94. The van der Waals surface area contributed by atoms with Gasteiger partial charge in [0.15, 0.2) is 5.56 Å². The number of ether oxygens (including phenoxy) is 3.